The Morgan fingerprint density at radius 3 is 2.88 bits per heavy atom. The molecule has 2 fully saturated rings. The lowest BCUT2D eigenvalue weighted by atomic mass is 9.92. The molecule has 25 heavy (non-hydrogen) atoms. The second kappa shape index (κ2) is 7.39. The normalized spacial score (nSPS) is 23.0. The van der Waals surface area contributed by atoms with E-state index in [1.165, 1.54) is 0 Å². The zero-order chi connectivity index (χ0) is 17.1. The van der Waals surface area contributed by atoms with Crippen molar-refractivity contribution in [3.05, 3.63) is 36.3 Å². The van der Waals surface area contributed by atoms with Crippen molar-refractivity contribution >= 4 is 5.91 Å². The van der Waals surface area contributed by atoms with E-state index in [2.05, 4.69) is 20.1 Å². The van der Waals surface area contributed by atoms with Gasteiger partial charge in [0, 0.05) is 24.9 Å². The number of rotatable bonds is 4. The Morgan fingerprint density at radius 1 is 1.28 bits per heavy atom. The number of nitrogens with one attached hydrogen (secondary N) is 1. The molecule has 0 saturated carbocycles. The maximum atomic E-state index is 12.9. The van der Waals surface area contributed by atoms with Crippen LogP contribution in [-0.2, 0) is 11.3 Å². The van der Waals surface area contributed by atoms with Crippen LogP contribution in [0.1, 0.15) is 43.2 Å². The zero-order valence-corrected chi connectivity index (χ0v) is 14.4. The average Bonchev–Trinajstić information content (AvgIpc) is 3.36. The van der Waals surface area contributed by atoms with E-state index in [9.17, 15) is 4.79 Å². The molecule has 4 heterocycles. The zero-order valence-electron chi connectivity index (χ0n) is 14.4. The van der Waals surface area contributed by atoms with Gasteiger partial charge in [0.1, 0.15) is 17.9 Å². The number of hydrogen-bond donors (Lipinski definition) is 1. The second-order valence-corrected chi connectivity index (χ2v) is 7.12. The van der Waals surface area contributed by atoms with Crippen molar-refractivity contribution in [3.8, 4) is 0 Å². The lowest BCUT2D eigenvalue weighted by Gasteiger charge is -2.37. The van der Waals surface area contributed by atoms with E-state index in [0.717, 1.165) is 70.0 Å². The molecule has 2 saturated heterocycles. The van der Waals surface area contributed by atoms with Gasteiger partial charge in [0.05, 0.1) is 12.8 Å². The van der Waals surface area contributed by atoms with Gasteiger partial charge in [-0.05, 0) is 50.9 Å². The van der Waals surface area contributed by atoms with E-state index >= 15 is 0 Å². The van der Waals surface area contributed by atoms with Gasteiger partial charge < -0.3 is 9.32 Å². The Kier molecular flexibility index (Phi) is 4.83. The molecule has 2 aliphatic rings. The second-order valence-electron chi connectivity index (χ2n) is 7.12. The summed E-state index contributed by atoms with van der Waals surface area (Å²) in [5.41, 5.74) is 0. The minimum Gasteiger partial charge on any atom is -0.468 e. The Balaban J connectivity index is 1.29. The molecule has 2 aliphatic heterocycles. The molecule has 1 amide bonds. The highest BCUT2D eigenvalue weighted by molar-refractivity contribution is 5.79. The first kappa shape index (κ1) is 16.3. The van der Waals surface area contributed by atoms with E-state index in [0.29, 0.717) is 11.8 Å². The van der Waals surface area contributed by atoms with Crippen LogP contribution >= 0.6 is 0 Å². The van der Waals surface area contributed by atoms with Crippen molar-refractivity contribution < 1.29 is 9.21 Å². The van der Waals surface area contributed by atoms with Gasteiger partial charge in [0.15, 0.2) is 0 Å². The van der Waals surface area contributed by atoms with Crippen LogP contribution in [0, 0.1) is 5.92 Å². The number of piperidine rings is 2. The first-order valence-corrected chi connectivity index (χ1v) is 9.18. The molecule has 2 aromatic rings. The van der Waals surface area contributed by atoms with Crippen LogP contribution in [0.4, 0.5) is 0 Å². The number of carbonyl (C=O) groups is 1. The molecule has 0 aliphatic carbocycles. The van der Waals surface area contributed by atoms with E-state index in [4.69, 9.17) is 4.42 Å². The number of H-pyrrole nitrogens is 1. The fraction of sp³-hybridized carbons (Fsp3) is 0.611. The van der Waals surface area contributed by atoms with Gasteiger partial charge in [0.2, 0.25) is 5.91 Å². The Bertz CT molecular complexity index is 662. The van der Waals surface area contributed by atoms with Crippen molar-refractivity contribution in [1.82, 2.24) is 25.0 Å². The van der Waals surface area contributed by atoms with Crippen molar-refractivity contribution in [2.24, 2.45) is 5.92 Å². The molecule has 1 atom stereocenters. The van der Waals surface area contributed by atoms with Gasteiger partial charge in [-0.1, -0.05) is 0 Å². The number of furan rings is 1. The quantitative estimate of drug-likeness (QED) is 0.919. The average molecular weight is 343 g/mol. The number of nitrogens with zero attached hydrogens (tertiary/aromatic N) is 4. The summed E-state index contributed by atoms with van der Waals surface area (Å²) in [4.78, 5) is 21.6. The largest absolute Gasteiger partial charge is 0.468 e. The van der Waals surface area contributed by atoms with E-state index < -0.39 is 0 Å². The summed E-state index contributed by atoms with van der Waals surface area (Å²) in [6.45, 7) is 4.38. The molecule has 0 aromatic carbocycles. The summed E-state index contributed by atoms with van der Waals surface area (Å²) >= 11 is 0. The molecule has 0 spiro atoms. The SMILES string of the molecule is O=C(C1CCN(Cc2ccco2)CC1)N1CCCC(c2ncn[nH]2)C1. The van der Waals surface area contributed by atoms with Gasteiger partial charge in [-0.15, -0.1) is 0 Å². The van der Waals surface area contributed by atoms with Crippen LogP contribution in [0.15, 0.2) is 29.1 Å². The van der Waals surface area contributed by atoms with E-state index in [1.54, 1.807) is 12.6 Å². The smallest absolute Gasteiger partial charge is 0.225 e. The van der Waals surface area contributed by atoms with Crippen molar-refractivity contribution in [2.45, 2.75) is 38.1 Å². The van der Waals surface area contributed by atoms with Crippen LogP contribution in [0.5, 0.6) is 0 Å². The molecule has 1 unspecified atom stereocenters. The van der Waals surface area contributed by atoms with E-state index in [1.807, 2.05) is 17.0 Å². The maximum absolute atomic E-state index is 12.9. The highest BCUT2D eigenvalue weighted by Gasteiger charge is 2.32. The third-order valence-corrected chi connectivity index (χ3v) is 5.45. The molecule has 134 valence electrons. The van der Waals surface area contributed by atoms with Crippen LogP contribution in [-0.4, -0.2) is 57.1 Å². The van der Waals surface area contributed by atoms with Crippen LogP contribution < -0.4 is 0 Å². The highest BCUT2D eigenvalue weighted by atomic mass is 16.3. The number of aromatic amines is 1. The summed E-state index contributed by atoms with van der Waals surface area (Å²) in [7, 11) is 0. The van der Waals surface area contributed by atoms with Crippen LogP contribution in [0.25, 0.3) is 0 Å². The molecule has 0 radical (unpaired) electrons. The lowest BCUT2D eigenvalue weighted by molar-refractivity contribution is -0.138. The van der Waals surface area contributed by atoms with Gasteiger partial charge >= 0.3 is 0 Å². The monoisotopic (exact) mass is 343 g/mol. The fourth-order valence-corrected chi connectivity index (χ4v) is 4.03. The summed E-state index contributed by atoms with van der Waals surface area (Å²) < 4.78 is 5.42. The predicted molar refractivity (Wildman–Crippen MR) is 91.6 cm³/mol. The minimum atomic E-state index is 0.154. The molecular formula is C18H25N5O2. The first-order valence-electron chi connectivity index (χ1n) is 9.18. The number of aromatic nitrogens is 3. The first-order chi connectivity index (χ1) is 12.3. The standard InChI is InChI=1S/C18H25N5O2/c24-18(23-7-1-3-15(11-23)17-19-13-20-21-17)14-5-8-22(9-6-14)12-16-4-2-10-25-16/h2,4,10,13-15H,1,3,5-9,11-12H2,(H,19,20,21). The highest BCUT2D eigenvalue weighted by Crippen LogP contribution is 2.27. The molecule has 7 heteroatoms. The van der Waals surface area contributed by atoms with Crippen molar-refractivity contribution in [3.63, 3.8) is 0 Å². The molecular weight excluding hydrogens is 318 g/mol. The molecule has 2 aromatic heterocycles. The van der Waals surface area contributed by atoms with Crippen molar-refractivity contribution in [2.75, 3.05) is 26.2 Å². The van der Waals surface area contributed by atoms with Gasteiger partial charge in [-0.3, -0.25) is 14.8 Å². The number of amides is 1. The predicted octanol–water partition coefficient (Wildman–Crippen LogP) is 2.02. The van der Waals surface area contributed by atoms with Gasteiger partial charge in [0.25, 0.3) is 0 Å². The topological polar surface area (TPSA) is 78.3 Å². The van der Waals surface area contributed by atoms with Crippen LogP contribution in [0.2, 0.25) is 0 Å². The summed E-state index contributed by atoms with van der Waals surface area (Å²) in [5, 5.41) is 6.90. The summed E-state index contributed by atoms with van der Waals surface area (Å²) in [6.07, 6.45) is 7.23. The molecule has 0 bridgehead atoms. The number of hydrogen-bond acceptors (Lipinski definition) is 5. The number of carbonyl (C=O) groups excluding carboxylic acids is 1. The summed E-state index contributed by atoms with van der Waals surface area (Å²) in [6, 6.07) is 3.93. The number of likely N-dealkylation sites (tertiary alicyclic amines) is 2. The Morgan fingerprint density at radius 2 is 2.16 bits per heavy atom. The molecule has 7 nitrogen and oxygen atoms in total. The molecule has 4 rings (SSSR count). The summed E-state index contributed by atoms with van der Waals surface area (Å²) in [5.74, 6) is 2.67. The van der Waals surface area contributed by atoms with Crippen LogP contribution in [0.3, 0.4) is 0 Å². The van der Waals surface area contributed by atoms with Gasteiger partial charge in [-0.2, -0.15) is 5.10 Å². The minimum absolute atomic E-state index is 0.154. The Hall–Kier alpha value is -2.15. The lowest BCUT2D eigenvalue weighted by Crippen LogP contribution is -2.45. The Labute approximate surface area is 147 Å². The fourth-order valence-electron chi connectivity index (χ4n) is 4.03. The van der Waals surface area contributed by atoms with E-state index in [-0.39, 0.29) is 5.92 Å². The van der Waals surface area contributed by atoms with Gasteiger partial charge in [-0.25, -0.2) is 4.98 Å². The third kappa shape index (κ3) is 3.76. The third-order valence-electron chi connectivity index (χ3n) is 5.45. The maximum Gasteiger partial charge on any atom is 0.225 e. The van der Waals surface area contributed by atoms with Crippen molar-refractivity contribution in [1.29, 1.82) is 0 Å². The molecule has 1 N–H and O–H groups in total.